The molecule has 0 heterocycles. The molecule has 0 atom stereocenters. The van der Waals surface area contributed by atoms with E-state index >= 15 is 0 Å². The first-order valence-corrected chi connectivity index (χ1v) is 9.58. The van der Waals surface area contributed by atoms with Crippen molar-refractivity contribution < 1.29 is 20.0 Å². The molecule has 1 heteroatoms. The second-order valence-electron chi connectivity index (χ2n) is 6.37. The largest absolute Gasteiger partial charge is 0.154 e. The number of benzene rings is 2. The van der Waals surface area contributed by atoms with Crippen LogP contribution in [0.1, 0.15) is 29.2 Å². The van der Waals surface area contributed by atoms with Crippen LogP contribution in [0.2, 0.25) is 0 Å². The predicted molar refractivity (Wildman–Crippen MR) is 110 cm³/mol. The van der Waals surface area contributed by atoms with Gasteiger partial charge in [0.25, 0.3) is 0 Å². The summed E-state index contributed by atoms with van der Waals surface area (Å²) >= 11 is 2.00. The molecule has 25 heavy (non-hydrogen) atoms. The Morgan fingerprint density at radius 2 is 1.00 bits per heavy atom. The molecule has 0 unspecified atom stereocenters. The molecule has 0 aromatic heterocycles. The van der Waals surface area contributed by atoms with E-state index in [1.54, 1.807) is 0 Å². The van der Waals surface area contributed by atoms with Gasteiger partial charge in [0, 0.05) is 0 Å². The molecule has 126 valence electrons. The van der Waals surface area contributed by atoms with Crippen LogP contribution in [-0.4, -0.2) is 4.31 Å². The molecule has 0 saturated heterocycles. The van der Waals surface area contributed by atoms with Crippen molar-refractivity contribution in [2.75, 3.05) is 0 Å². The molecule has 0 amide bonds. The van der Waals surface area contributed by atoms with Crippen LogP contribution in [0.5, 0.6) is 0 Å². The summed E-state index contributed by atoms with van der Waals surface area (Å²) in [5.41, 5.74) is 5.62. The second-order valence-corrected chi connectivity index (χ2v) is 7.27. The van der Waals surface area contributed by atoms with Crippen LogP contribution >= 0.6 is 0 Å². The molecule has 0 aliphatic carbocycles. The van der Waals surface area contributed by atoms with Crippen LogP contribution in [0, 0.1) is 27.7 Å². The van der Waals surface area contributed by atoms with Crippen LogP contribution in [0.3, 0.4) is 0 Å². The fourth-order valence-corrected chi connectivity index (χ4v) is 3.04. The van der Waals surface area contributed by atoms with Gasteiger partial charge in [-0.3, -0.25) is 0 Å². The van der Waals surface area contributed by atoms with E-state index in [9.17, 15) is 0 Å². The average Bonchev–Trinajstić information content (AvgIpc) is 3.06. The molecule has 0 nitrogen and oxygen atoms in total. The van der Waals surface area contributed by atoms with Gasteiger partial charge in [-0.2, -0.15) is 11.1 Å². The molecule has 4 aromatic rings. The van der Waals surface area contributed by atoms with Crippen molar-refractivity contribution in [1.29, 1.82) is 0 Å². The first-order valence-electron chi connectivity index (χ1n) is 8.68. The maximum atomic E-state index is 2.24. The summed E-state index contributed by atoms with van der Waals surface area (Å²) in [5.74, 6) is 0. The summed E-state index contributed by atoms with van der Waals surface area (Å²) in [7, 11) is 0. The van der Waals surface area contributed by atoms with E-state index in [-0.39, 0.29) is 0 Å². The number of rotatable bonds is 0. The summed E-state index contributed by atoms with van der Waals surface area (Å²) in [4.78, 5) is 0. The molecule has 0 radical (unpaired) electrons. The van der Waals surface area contributed by atoms with E-state index in [1.807, 2.05) is 31.2 Å². The van der Waals surface area contributed by atoms with Crippen molar-refractivity contribution in [2.45, 2.75) is 34.6 Å². The third-order valence-corrected chi connectivity index (χ3v) is 4.66. The van der Waals surface area contributed by atoms with E-state index < -0.39 is 0 Å². The Kier molecular flexibility index (Phi) is 7.11. The Bertz CT molecular complexity index is 888. The standard InChI is InChI=1S/2C11H11.C2H4.Ti/c2*1-8-7-10-5-3-4-6-11(10)9(8)2;1-2;/h2*3-7H,1-2H3;1H,2H3;/q2*-1;;+2. The first kappa shape index (κ1) is 19.6. The van der Waals surface area contributed by atoms with Gasteiger partial charge >= 0.3 is 31.2 Å². The molecule has 0 spiro atoms. The van der Waals surface area contributed by atoms with Gasteiger partial charge in [-0.15, -0.1) is 81.2 Å². The van der Waals surface area contributed by atoms with E-state index in [2.05, 4.69) is 88.4 Å². The van der Waals surface area contributed by atoms with Gasteiger partial charge in [0.1, 0.15) is 0 Å². The molecule has 0 fully saturated rings. The van der Waals surface area contributed by atoms with E-state index in [1.165, 1.54) is 43.8 Å². The van der Waals surface area contributed by atoms with Gasteiger partial charge in [0.05, 0.1) is 0 Å². The van der Waals surface area contributed by atoms with Gasteiger partial charge in [0.15, 0.2) is 0 Å². The fourth-order valence-electron chi connectivity index (χ4n) is 3.04. The quantitative estimate of drug-likeness (QED) is 0.241. The van der Waals surface area contributed by atoms with Crippen LogP contribution < -0.4 is 0 Å². The number of hydrogen-bond acceptors (Lipinski definition) is 0. The Balaban J connectivity index is 0.000000156. The summed E-state index contributed by atoms with van der Waals surface area (Å²) in [6.07, 6.45) is 0. The molecule has 0 bridgehead atoms. The minimum atomic E-state index is 1.36. The van der Waals surface area contributed by atoms with Crippen LogP contribution in [0.15, 0.2) is 60.7 Å². The maximum Gasteiger partial charge on any atom is -0.0576 e. The maximum absolute atomic E-state index is 2.24. The molecule has 0 saturated carbocycles. The number of fused-ring (bicyclic) bond motifs is 2. The Hall–Kier alpha value is -1.76. The topological polar surface area (TPSA) is 0 Å². The third-order valence-electron chi connectivity index (χ3n) is 4.66. The zero-order chi connectivity index (χ0) is 18.4. The molecular weight excluding hydrogens is 336 g/mol. The minimum Gasteiger partial charge on any atom is -0.154 e. The zero-order valence-electron chi connectivity index (χ0n) is 15.9. The third kappa shape index (κ3) is 4.66. The van der Waals surface area contributed by atoms with Gasteiger partial charge in [-0.25, -0.2) is 0 Å². The van der Waals surface area contributed by atoms with Crippen molar-refractivity contribution in [1.82, 2.24) is 0 Å². The molecule has 4 rings (SSSR count). The van der Waals surface area contributed by atoms with Crippen molar-refractivity contribution in [3.63, 3.8) is 0 Å². The van der Waals surface area contributed by atoms with Crippen LogP contribution in [0.25, 0.3) is 21.5 Å². The summed E-state index contributed by atoms with van der Waals surface area (Å²) < 4.78 is 2.00. The Morgan fingerprint density at radius 1 is 0.680 bits per heavy atom. The summed E-state index contributed by atoms with van der Waals surface area (Å²) in [5, 5.41) is 5.51. The van der Waals surface area contributed by atoms with E-state index in [0.29, 0.717) is 0 Å². The SMILES string of the molecule is C[CH]=[Ti+2].Cc1[cH-]c2ccccc2c1C.Cc1[cH-]c2ccccc2c1C. The molecule has 4 aromatic carbocycles. The number of hydrogen-bond donors (Lipinski definition) is 0. The van der Waals surface area contributed by atoms with Gasteiger partial charge < -0.3 is 0 Å². The summed E-state index contributed by atoms with van der Waals surface area (Å²) in [6.45, 7) is 10.7. The minimum absolute atomic E-state index is 1.36. The van der Waals surface area contributed by atoms with E-state index in [4.69, 9.17) is 0 Å². The summed E-state index contributed by atoms with van der Waals surface area (Å²) in [6, 6.07) is 21.5. The van der Waals surface area contributed by atoms with Gasteiger partial charge in [-0.05, 0) is 0 Å². The van der Waals surface area contributed by atoms with Crippen molar-refractivity contribution in [2.24, 2.45) is 0 Å². The van der Waals surface area contributed by atoms with Crippen molar-refractivity contribution in [3.05, 3.63) is 82.9 Å². The van der Waals surface area contributed by atoms with E-state index in [0.717, 1.165) is 0 Å². The number of aryl methyl sites for hydroxylation is 4. The molecular formula is C24H26Ti. The molecule has 0 aliphatic rings. The van der Waals surface area contributed by atoms with Crippen LogP contribution in [0.4, 0.5) is 0 Å². The van der Waals surface area contributed by atoms with Crippen LogP contribution in [-0.2, 0) is 20.0 Å². The Labute approximate surface area is 163 Å². The molecule has 0 aliphatic heterocycles. The second kappa shape index (κ2) is 9.08. The van der Waals surface area contributed by atoms with Gasteiger partial charge in [0.2, 0.25) is 0 Å². The fraction of sp³-hybridized carbons (Fsp3) is 0.208. The predicted octanol–water partition coefficient (Wildman–Crippen LogP) is 6.71. The first-order chi connectivity index (χ1) is 12.0. The van der Waals surface area contributed by atoms with Crippen molar-refractivity contribution in [3.8, 4) is 0 Å². The smallest absolute Gasteiger partial charge is 0.0576 e. The molecule has 0 N–H and O–H groups in total. The Morgan fingerprint density at radius 3 is 1.32 bits per heavy atom. The zero-order valence-corrected chi connectivity index (χ0v) is 17.4. The average molecular weight is 362 g/mol. The van der Waals surface area contributed by atoms with Crippen molar-refractivity contribution >= 4 is 25.9 Å². The normalized spacial score (nSPS) is 10.0. The van der Waals surface area contributed by atoms with Gasteiger partial charge in [-0.1, -0.05) is 39.8 Å². The monoisotopic (exact) mass is 362 g/mol.